The first-order valence-corrected chi connectivity index (χ1v) is 13.2. The summed E-state index contributed by atoms with van der Waals surface area (Å²) in [6.07, 6.45) is 7.04. The van der Waals surface area contributed by atoms with Gasteiger partial charge in [-0.25, -0.2) is 13.8 Å². The summed E-state index contributed by atoms with van der Waals surface area (Å²) in [4.78, 5) is 24.0. The Balaban J connectivity index is 1.25. The van der Waals surface area contributed by atoms with Gasteiger partial charge in [0.15, 0.2) is 0 Å². The fraction of sp³-hybridized carbons (Fsp3) is 0.429. The van der Waals surface area contributed by atoms with Crippen molar-refractivity contribution in [3.63, 3.8) is 0 Å². The van der Waals surface area contributed by atoms with Crippen molar-refractivity contribution >= 4 is 33.6 Å². The fourth-order valence-electron chi connectivity index (χ4n) is 6.03. The van der Waals surface area contributed by atoms with Gasteiger partial charge in [0.25, 0.3) is 12.0 Å². The molecule has 2 aliphatic rings. The Morgan fingerprint density at radius 2 is 1.84 bits per heavy atom. The first-order chi connectivity index (χ1) is 18.5. The van der Waals surface area contributed by atoms with Crippen LogP contribution in [0.2, 0.25) is 0 Å². The molecule has 4 aromatic rings. The van der Waals surface area contributed by atoms with E-state index in [-0.39, 0.29) is 29.8 Å². The van der Waals surface area contributed by atoms with Crippen LogP contribution in [-0.4, -0.2) is 50.1 Å². The highest BCUT2D eigenvalue weighted by atomic mass is 19.3. The smallest absolute Gasteiger partial charge is 0.270 e. The minimum absolute atomic E-state index is 0.0411. The van der Waals surface area contributed by atoms with E-state index in [1.54, 1.807) is 16.8 Å². The molecule has 1 aliphatic heterocycles. The number of rotatable bonds is 6. The highest BCUT2D eigenvalue weighted by Gasteiger charge is 2.24. The van der Waals surface area contributed by atoms with E-state index in [2.05, 4.69) is 33.2 Å². The van der Waals surface area contributed by atoms with Crippen molar-refractivity contribution in [2.45, 2.75) is 57.0 Å². The van der Waals surface area contributed by atoms with E-state index in [0.717, 1.165) is 55.1 Å². The van der Waals surface area contributed by atoms with E-state index in [9.17, 15) is 18.8 Å². The Labute approximate surface area is 218 Å². The van der Waals surface area contributed by atoms with Gasteiger partial charge in [-0.15, -0.1) is 0 Å². The maximum atomic E-state index is 13.0. The van der Waals surface area contributed by atoms with Crippen molar-refractivity contribution < 1.29 is 8.78 Å². The number of aromatic nitrogens is 4. The van der Waals surface area contributed by atoms with E-state index >= 15 is 0 Å². The van der Waals surface area contributed by atoms with Crippen molar-refractivity contribution in [3.8, 4) is 6.07 Å². The Kier molecular flexibility index (Phi) is 6.54. The maximum absolute atomic E-state index is 13.0. The minimum Gasteiger partial charge on any atom is -0.344 e. The van der Waals surface area contributed by atoms with Crippen LogP contribution in [0, 0.1) is 11.3 Å². The summed E-state index contributed by atoms with van der Waals surface area (Å²) in [7, 11) is 0. The topological polar surface area (TPSA) is 91.8 Å². The van der Waals surface area contributed by atoms with Gasteiger partial charge in [-0.2, -0.15) is 10.2 Å². The number of alkyl halides is 2. The number of hydrogen-bond acceptors (Lipinski definition) is 6. The van der Waals surface area contributed by atoms with E-state index in [0.29, 0.717) is 30.1 Å². The number of hydrogen-bond donors (Lipinski definition) is 1. The zero-order valence-electron chi connectivity index (χ0n) is 21.0. The predicted octanol–water partition coefficient (Wildman–Crippen LogP) is 5.38. The molecule has 0 amide bonds. The first-order valence-electron chi connectivity index (χ1n) is 13.2. The maximum Gasteiger partial charge on any atom is 0.270 e. The van der Waals surface area contributed by atoms with Crippen molar-refractivity contribution in [1.82, 2.24) is 24.0 Å². The lowest BCUT2D eigenvalue weighted by Gasteiger charge is -2.32. The molecular weight excluding hydrogens is 488 g/mol. The summed E-state index contributed by atoms with van der Waals surface area (Å²) < 4.78 is 29.4. The van der Waals surface area contributed by atoms with Gasteiger partial charge in [0.2, 0.25) is 5.95 Å². The molecule has 0 spiro atoms. The summed E-state index contributed by atoms with van der Waals surface area (Å²) in [6.45, 7) is 1.20. The molecule has 1 saturated carbocycles. The zero-order valence-corrected chi connectivity index (χ0v) is 21.0. The Bertz CT molecular complexity index is 1570. The second-order valence-corrected chi connectivity index (χ2v) is 10.3. The number of nitrogens with zero attached hydrogens (tertiary/aromatic N) is 6. The Morgan fingerprint density at radius 3 is 2.58 bits per heavy atom. The molecule has 8 nitrogen and oxygen atoms in total. The number of halogens is 2. The highest BCUT2D eigenvalue weighted by molar-refractivity contribution is 5.85. The van der Waals surface area contributed by atoms with Crippen molar-refractivity contribution in [2.24, 2.45) is 0 Å². The average molecular weight is 518 g/mol. The summed E-state index contributed by atoms with van der Waals surface area (Å²) in [6, 6.07) is 12.0. The van der Waals surface area contributed by atoms with Gasteiger partial charge >= 0.3 is 0 Å². The summed E-state index contributed by atoms with van der Waals surface area (Å²) in [5.41, 5.74) is 2.29. The molecule has 2 fully saturated rings. The van der Waals surface area contributed by atoms with E-state index in [4.69, 9.17) is 4.98 Å². The molecule has 38 heavy (non-hydrogen) atoms. The van der Waals surface area contributed by atoms with E-state index in [1.165, 1.54) is 0 Å². The van der Waals surface area contributed by atoms with Crippen LogP contribution in [0.5, 0.6) is 0 Å². The molecule has 10 heteroatoms. The monoisotopic (exact) mass is 517 g/mol. The van der Waals surface area contributed by atoms with Crippen LogP contribution in [-0.2, 0) is 0 Å². The van der Waals surface area contributed by atoms with Gasteiger partial charge in [-0.05, 0) is 56.0 Å². The average Bonchev–Trinajstić information content (AvgIpc) is 3.59. The Morgan fingerprint density at radius 1 is 1.05 bits per heavy atom. The molecule has 1 aliphatic carbocycles. The molecule has 3 aromatic heterocycles. The van der Waals surface area contributed by atoms with Crippen LogP contribution < -0.4 is 10.9 Å². The molecule has 0 bridgehead atoms. The highest BCUT2D eigenvalue weighted by Crippen LogP contribution is 2.32. The van der Waals surface area contributed by atoms with Gasteiger partial charge in [0.1, 0.15) is 17.3 Å². The number of benzene rings is 1. The number of piperidine rings is 1. The molecule has 0 radical (unpaired) electrons. The third-order valence-electron chi connectivity index (χ3n) is 7.91. The third-order valence-corrected chi connectivity index (χ3v) is 7.91. The fourth-order valence-corrected chi connectivity index (χ4v) is 6.03. The summed E-state index contributed by atoms with van der Waals surface area (Å²) in [5.74, 6) is 0.388. The standard InChI is InChI=1S/C28H29F2N7O/c29-25(30)17-35-10-8-22(9-11-35)36-12-7-18-14-21(5-6-24(18)36)33-28-32-16-20-13-19(15-31)27(38)37(26(20)34-28)23-3-1-2-4-23/h5-7,12-14,16,22-23,25H,1-4,8-11,17H2,(H,32,33,34). The lowest BCUT2D eigenvalue weighted by molar-refractivity contribution is 0.0706. The number of fused-ring (bicyclic) bond motifs is 2. The third kappa shape index (κ3) is 4.63. The summed E-state index contributed by atoms with van der Waals surface area (Å²) in [5, 5.41) is 14.5. The molecule has 1 saturated heterocycles. The molecular formula is C28H29F2N7O. The van der Waals surface area contributed by atoms with Gasteiger partial charge in [-0.3, -0.25) is 14.3 Å². The van der Waals surface area contributed by atoms with Crippen molar-refractivity contribution in [2.75, 3.05) is 25.0 Å². The van der Waals surface area contributed by atoms with Gasteiger partial charge in [0, 0.05) is 59.5 Å². The van der Waals surface area contributed by atoms with Crippen molar-refractivity contribution in [1.29, 1.82) is 5.26 Å². The lowest BCUT2D eigenvalue weighted by atomic mass is 10.0. The number of anilines is 2. The van der Waals surface area contributed by atoms with E-state index < -0.39 is 6.43 Å². The minimum atomic E-state index is -2.29. The second kappa shape index (κ2) is 10.1. The molecule has 1 aromatic carbocycles. The summed E-state index contributed by atoms with van der Waals surface area (Å²) >= 11 is 0. The largest absolute Gasteiger partial charge is 0.344 e. The van der Waals surface area contributed by atoms with Gasteiger partial charge in [0.05, 0.1) is 6.54 Å². The second-order valence-electron chi connectivity index (χ2n) is 10.3. The number of nitriles is 1. The number of pyridine rings is 1. The molecule has 6 rings (SSSR count). The molecule has 1 N–H and O–H groups in total. The van der Waals surface area contributed by atoms with Crippen LogP contribution in [0.3, 0.4) is 0 Å². The van der Waals surface area contributed by atoms with Crippen molar-refractivity contribution in [3.05, 3.63) is 58.6 Å². The quantitative estimate of drug-likeness (QED) is 0.369. The predicted molar refractivity (Wildman–Crippen MR) is 142 cm³/mol. The molecule has 196 valence electrons. The normalized spacial score (nSPS) is 17.5. The molecule has 4 heterocycles. The lowest BCUT2D eigenvalue weighted by Crippen LogP contribution is -2.37. The van der Waals surface area contributed by atoms with Gasteiger partial charge in [-0.1, -0.05) is 12.8 Å². The van der Waals surface area contributed by atoms with Gasteiger partial charge < -0.3 is 9.88 Å². The van der Waals surface area contributed by atoms with Crippen LogP contribution in [0.15, 0.2) is 47.5 Å². The van der Waals surface area contributed by atoms with Crippen LogP contribution in [0.4, 0.5) is 20.4 Å². The molecule has 0 unspecified atom stereocenters. The first kappa shape index (κ1) is 24.5. The van der Waals surface area contributed by atoms with Crippen LogP contribution in [0.25, 0.3) is 21.9 Å². The van der Waals surface area contributed by atoms with Crippen LogP contribution in [0.1, 0.15) is 56.2 Å². The van der Waals surface area contributed by atoms with Crippen LogP contribution >= 0.6 is 0 Å². The molecule has 0 atom stereocenters. The number of likely N-dealkylation sites (tertiary alicyclic amines) is 1. The van der Waals surface area contributed by atoms with E-state index in [1.807, 2.05) is 23.1 Å². The SMILES string of the molecule is N#Cc1cc2cnc(Nc3ccc4c(ccn4C4CCN(CC(F)F)CC4)c3)nc2n(C2CCCC2)c1=O. The number of nitrogens with one attached hydrogen (secondary N) is 1. The Hall–Kier alpha value is -3.84. The zero-order chi connectivity index (χ0) is 26.2.